The number of carboxylic acid groups (broad SMARTS) is 1. The highest BCUT2D eigenvalue weighted by Crippen LogP contribution is 2.19. The van der Waals surface area contributed by atoms with Crippen molar-refractivity contribution in [2.45, 2.75) is 19.8 Å². The third-order valence-electron chi connectivity index (χ3n) is 2.51. The van der Waals surface area contributed by atoms with Gasteiger partial charge in [-0.1, -0.05) is 30.3 Å². The smallest absolute Gasteiger partial charge is 0.347 e. The molecule has 1 aromatic carbocycles. The molecule has 1 N–H and O–H groups in total. The molecule has 0 radical (unpaired) electrons. The third kappa shape index (κ3) is 2.91. The number of hydrogen-bond acceptors (Lipinski definition) is 3. The van der Waals surface area contributed by atoms with Crippen LogP contribution in [0.25, 0.3) is 0 Å². The van der Waals surface area contributed by atoms with Crippen molar-refractivity contribution in [1.29, 1.82) is 0 Å². The van der Waals surface area contributed by atoms with Gasteiger partial charge in [-0.05, 0) is 18.9 Å². The van der Waals surface area contributed by atoms with Crippen LogP contribution in [0.5, 0.6) is 0 Å². The summed E-state index contributed by atoms with van der Waals surface area (Å²) in [5.41, 5.74) is 1.86. The Bertz CT molecular complexity index is 519. The zero-order valence-corrected chi connectivity index (χ0v) is 10.3. The number of carboxylic acids is 1. The third-order valence-corrected chi connectivity index (χ3v) is 3.71. The summed E-state index contributed by atoms with van der Waals surface area (Å²) in [6, 6.07) is 10.1. The molecule has 4 heteroatoms. The van der Waals surface area contributed by atoms with Gasteiger partial charge in [0.05, 0.1) is 10.7 Å². The van der Waals surface area contributed by atoms with E-state index in [1.807, 2.05) is 18.2 Å². The summed E-state index contributed by atoms with van der Waals surface area (Å²) in [7, 11) is 0. The lowest BCUT2D eigenvalue weighted by Gasteiger charge is -1.97. The Labute approximate surface area is 104 Å². The Hall–Kier alpha value is -1.68. The van der Waals surface area contributed by atoms with E-state index in [4.69, 9.17) is 5.11 Å². The number of benzene rings is 1. The maximum Gasteiger partial charge on any atom is 0.347 e. The molecule has 0 aliphatic rings. The second kappa shape index (κ2) is 5.10. The fraction of sp³-hybridized carbons (Fsp3) is 0.231. The lowest BCUT2D eigenvalue weighted by atomic mass is 10.1. The molecule has 0 bridgehead atoms. The highest BCUT2D eigenvalue weighted by molar-refractivity contribution is 7.13. The summed E-state index contributed by atoms with van der Waals surface area (Å²) in [4.78, 5) is 15.5. The Balaban J connectivity index is 2.05. The van der Waals surface area contributed by atoms with Gasteiger partial charge in [-0.25, -0.2) is 9.78 Å². The number of aromatic carboxylic acids is 1. The van der Waals surface area contributed by atoms with Crippen LogP contribution in [-0.4, -0.2) is 16.1 Å². The van der Waals surface area contributed by atoms with Crippen molar-refractivity contribution >= 4 is 17.3 Å². The van der Waals surface area contributed by atoms with Crippen LogP contribution in [0.15, 0.2) is 30.3 Å². The van der Waals surface area contributed by atoms with E-state index >= 15 is 0 Å². The molecule has 3 nitrogen and oxygen atoms in total. The Morgan fingerprint density at radius 1 is 1.29 bits per heavy atom. The fourth-order valence-corrected chi connectivity index (χ4v) is 2.56. The van der Waals surface area contributed by atoms with Gasteiger partial charge in [-0.15, -0.1) is 11.3 Å². The monoisotopic (exact) mass is 247 g/mol. The molecule has 17 heavy (non-hydrogen) atoms. The number of carbonyl (C=O) groups is 1. The molecule has 0 saturated carbocycles. The predicted octanol–water partition coefficient (Wildman–Crippen LogP) is 2.93. The minimum atomic E-state index is -0.883. The normalized spacial score (nSPS) is 10.4. The Morgan fingerprint density at radius 2 is 2.00 bits per heavy atom. The van der Waals surface area contributed by atoms with Crippen LogP contribution in [-0.2, 0) is 12.8 Å². The summed E-state index contributed by atoms with van der Waals surface area (Å²) >= 11 is 1.28. The average Bonchev–Trinajstić information content (AvgIpc) is 2.69. The Morgan fingerprint density at radius 3 is 2.59 bits per heavy atom. The highest BCUT2D eigenvalue weighted by atomic mass is 32.1. The van der Waals surface area contributed by atoms with Gasteiger partial charge in [0.1, 0.15) is 4.88 Å². The van der Waals surface area contributed by atoms with Gasteiger partial charge in [0, 0.05) is 6.42 Å². The average molecular weight is 247 g/mol. The van der Waals surface area contributed by atoms with Crippen LogP contribution in [0, 0.1) is 6.92 Å². The number of nitrogens with zero attached hydrogens (tertiary/aromatic N) is 1. The molecular formula is C13H13NO2S. The second-order valence-corrected chi connectivity index (χ2v) is 4.90. The number of aromatic nitrogens is 1. The van der Waals surface area contributed by atoms with E-state index in [1.165, 1.54) is 16.9 Å². The van der Waals surface area contributed by atoms with E-state index in [1.54, 1.807) is 6.92 Å². The molecule has 1 aromatic heterocycles. The van der Waals surface area contributed by atoms with E-state index in [-0.39, 0.29) is 0 Å². The van der Waals surface area contributed by atoms with E-state index in [0.29, 0.717) is 10.6 Å². The van der Waals surface area contributed by atoms with E-state index in [2.05, 4.69) is 17.1 Å². The SMILES string of the molecule is Cc1nc(CCc2ccccc2)sc1C(=O)O. The van der Waals surface area contributed by atoms with Crippen LogP contribution in [0.3, 0.4) is 0 Å². The lowest BCUT2D eigenvalue weighted by Crippen LogP contribution is -1.94. The van der Waals surface area contributed by atoms with Crippen molar-refractivity contribution < 1.29 is 9.90 Å². The van der Waals surface area contributed by atoms with Gasteiger partial charge in [-0.3, -0.25) is 0 Å². The topological polar surface area (TPSA) is 50.2 Å². The maximum atomic E-state index is 10.9. The minimum Gasteiger partial charge on any atom is -0.477 e. The van der Waals surface area contributed by atoms with Gasteiger partial charge >= 0.3 is 5.97 Å². The number of aryl methyl sites for hydroxylation is 3. The minimum absolute atomic E-state index is 0.355. The summed E-state index contributed by atoms with van der Waals surface area (Å²) in [6.45, 7) is 1.74. The summed E-state index contributed by atoms with van der Waals surface area (Å²) < 4.78 is 0. The number of thiazole rings is 1. The molecule has 0 aliphatic heterocycles. The van der Waals surface area contributed by atoms with Crippen LogP contribution in [0.2, 0.25) is 0 Å². The quantitative estimate of drug-likeness (QED) is 0.903. The Kier molecular flexibility index (Phi) is 3.54. The second-order valence-electron chi connectivity index (χ2n) is 3.81. The first-order valence-electron chi connectivity index (χ1n) is 5.40. The molecule has 88 valence electrons. The number of hydrogen-bond donors (Lipinski definition) is 1. The summed E-state index contributed by atoms with van der Waals surface area (Å²) in [6.07, 6.45) is 1.69. The first kappa shape index (κ1) is 11.8. The van der Waals surface area contributed by atoms with Crippen LogP contribution in [0.4, 0.5) is 0 Å². The van der Waals surface area contributed by atoms with Crippen molar-refractivity contribution in [2.24, 2.45) is 0 Å². The maximum absolute atomic E-state index is 10.9. The molecule has 2 rings (SSSR count). The van der Waals surface area contributed by atoms with Crippen molar-refractivity contribution in [2.75, 3.05) is 0 Å². The van der Waals surface area contributed by atoms with Crippen molar-refractivity contribution in [3.05, 3.63) is 51.5 Å². The zero-order chi connectivity index (χ0) is 12.3. The molecule has 1 heterocycles. The van der Waals surface area contributed by atoms with Crippen LogP contribution in [0.1, 0.15) is 25.9 Å². The van der Waals surface area contributed by atoms with Gasteiger partial charge in [0.15, 0.2) is 0 Å². The summed E-state index contributed by atoms with van der Waals surface area (Å²) in [5, 5.41) is 9.83. The highest BCUT2D eigenvalue weighted by Gasteiger charge is 2.13. The zero-order valence-electron chi connectivity index (χ0n) is 9.51. The first-order valence-corrected chi connectivity index (χ1v) is 6.22. The van der Waals surface area contributed by atoms with Crippen LogP contribution < -0.4 is 0 Å². The molecular weight excluding hydrogens is 234 g/mol. The van der Waals surface area contributed by atoms with Gasteiger partial charge < -0.3 is 5.11 Å². The van der Waals surface area contributed by atoms with Gasteiger partial charge in [0.2, 0.25) is 0 Å². The molecule has 0 spiro atoms. The van der Waals surface area contributed by atoms with Crippen molar-refractivity contribution in [1.82, 2.24) is 4.98 Å². The molecule has 0 atom stereocenters. The first-order chi connectivity index (χ1) is 8.16. The van der Waals surface area contributed by atoms with Gasteiger partial charge in [-0.2, -0.15) is 0 Å². The lowest BCUT2D eigenvalue weighted by molar-refractivity contribution is 0.0701. The fourth-order valence-electron chi connectivity index (χ4n) is 1.65. The van der Waals surface area contributed by atoms with E-state index in [9.17, 15) is 4.79 Å². The standard InChI is InChI=1S/C13H13NO2S/c1-9-12(13(15)16)17-11(14-9)8-7-10-5-3-2-4-6-10/h2-6H,7-8H2,1H3,(H,15,16). The van der Waals surface area contributed by atoms with Crippen molar-refractivity contribution in [3.63, 3.8) is 0 Å². The van der Waals surface area contributed by atoms with E-state index < -0.39 is 5.97 Å². The number of rotatable bonds is 4. The largest absolute Gasteiger partial charge is 0.477 e. The molecule has 0 aliphatic carbocycles. The molecule has 0 fully saturated rings. The van der Waals surface area contributed by atoms with Gasteiger partial charge in [0.25, 0.3) is 0 Å². The predicted molar refractivity (Wildman–Crippen MR) is 67.7 cm³/mol. The van der Waals surface area contributed by atoms with E-state index in [0.717, 1.165) is 17.8 Å². The molecule has 0 unspecified atom stereocenters. The summed E-state index contributed by atoms with van der Waals surface area (Å²) in [5.74, 6) is -0.883. The molecule has 2 aromatic rings. The van der Waals surface area contributed by atoms with Crippen molar-refractivity contribution in [3.8, 4) is 0 Å². The molecule has 0 amide bonds. The molecule has 0 saturated heterocycles. The van der Waals surface area contributed by atoms with Crippen LogP contribution >= 0.6 is 11.3 Å².